The third-order valence-electron chi connectivity index (χ3n) is 3.14. The van der Waals surface area contributed by atoms with Gasteiger partial charge in [0, 0.05) is 11.9 Å². The maximum Gasteiger partial charge on any atom is 0.273 e. The number of benzene rings is 1. The average Bonchev–Trinajstić information content (AvgIpc) is 3.00. The van der Waals surface area contributed by atoms with Crippen LogP contribution in [0.2, 0.25) is 0 Å². The van der Waals surface area contributed by atoms with Crippen LogP contribution in [-0.4, -0.2) is 21.1 Å². The molecule has 0 aliphatic rings. The first-order valence-electron chi connectivity index (χ1n) is 6.58. The molecule has 5 nitrogen and oxygen atoms in total. The summed E-state index contributed by atoms with van der Waals surface area (Å²) in [6.07, 6.45) is 1.69. The van der Waals surface area contributed by atoms with Crippen molar-refractivity contribution in [3.05, 3.63) is 66.0 Å². The van der Waals surface area contributed by atoms with E-state index in [0.29, 0.717) is 11.4 Å². The van der Waals surface area contributed by atoms with Gasteiger partial charge in [-0.3, -0.25) is 14.9 Å². The van der Waals surface area contributed by atoms with E-state index in [1.54, 1.807) is 12.3 Å². The van der Waals surface area contributed by atoms with Crippen molar-refractivity contribution in [3.8, 4) is 11.4 Å². The lowest BCUT2D eigenvalue weighted by Gasteiger charge is -2.06. The highest BCUT2D eigenvalue weighted by Crippen LogP contribution is 2.17. The van der Waals surface area contributed by atoms with Crippen LogP contribution in [0.25, 0.3) is 11.4 Å². The van der Waals surface area contributed by atoms with Crippen molar-refractivity contribution in [2.75, 3.05) is 5.32 Å². The number of H-pyrrole nitrogens is 1. The summed E-state index contributed by atoms with van der Waals surface area (Å²) in [5, 5.41) is 9.73. The lowest BCUT2D eigenvalue weighted by atomic mass is 10.2. The van der Waals surface area contributed by atoms with Crippen molar-refractivity contribution in [1.29, 1.82) is 0 Å². The first-order valence-corrected chi connectivity index (χ1v) is 6.58. The molecule has 21 heavy (non-hydrogen) atoms. The minimum absolute atomic E-state index is 0.223. The van der Waals surface area contributed by atoms with E-state index in [9.17, 15) is 4.79 Å². The van der Waals surface area contributed by atoms with Crippen LogP contribution in [0.5, 0.6) is 0 Å². The number of pyridine rings is 1. The van der Waals surface area contributed by atoms with Gasteiger partial charge < -0.3 is 5.32 Å². The predicted molar refractivity (Wildman–Crippen MR) is 81.0 cm³/mol. The minimum atomic E-state index is -0.223. The van der Waals surface area contributed by atoms with E-state index in [1.165, 1.54) is 0 Å². The summed E-state index contributed by atoms with van der Waals surface area (Å²) < 4.78 is 0. The van der Waals surface area contributed by atoms with E-state index in [4.69, 9.17) is 0 Å². The highest BCUT2D eigenvalue weighted by atomic mass is 16.1. The van der Waals surface area contributed by atoms with E-state index in [2.05, 4.69) is 20.5 Å². The molecule has 2 heterocycles. The number of anilines is 1. The number of aromatic nitrogens is 3. The van der Waals surface area contributed by atoms with Gasteiger partial charge in [0.25, 0.3) is 5.91 Å². The maximum absolute atomic E-state index is 12.2. The Bertz CT molecular complexity index is 765. The molecule has 0 saturated carbocycles. The monoisotopic (exact) mass is 278 g/mol. The van der Waals surface area contributed by atoms with Crippen LogP contribution < -0.4 is 5.32 Å². The van der Waals surface area contributed by atoms with Gasteiger partial charge in [0.2, 0.25) is 0 Å². The van der Waals surface area contributed by atoms with Crippen molar-refractivity contribution in [2.24, 2.45) is 0 Å². The number of amides is 1. The summed E-state index contributed by atoms with van der Waals surface area (Å²) in [6.45, 7) is 1.95. The molecule has 1 aromatic carbocycles. The molecular weight excluding hydrogens is 264 g/mol. The van der Waals surface area contributed by atoms with Gasteiger partial charge in [0.15, 0.2) is 0 Å². The molecule has 0 bridgehead atoms. The standard InChI is InChI=1S/C16H14N4O/c1-11-6-2-3-7-12(11)18-16(21)15-10-14(19-20-15)13-8-4-5-9-17-13/h2-10H,1H3,(H,18,21)(H,19,20). The highest BCUT2D eigenvalue weighted by Gasteiger charge is 2.12. The van der Waals surface area contributed by atoms with Crippen LogP contribution in [0, 0.1) is 6.92 Å². The van der Waals surface area contributed by atoms with E-state index in [-0.39, 0.29) is 5.91 Å². The molecule has 0 unspecified atom stereocenters. The van der Waals surface area contributed by atoms with Crippen LogP contribution >= 0.6 is 0 Å². The highest BCUT2D eigenvalue weighted by molar-refractivity contribution is 6.03. The largest absolute Gasteiger partial charge is 0.320 e. The Morgan fingerprint density at radius 2 is 1.90 bits per heavy atom. The Labute approximate surface area is 122 Å². The molecule has 3 aromatic rings. The van der Waals surface area contributed by atoms with E-state index < -0.39 is 0 Å². The summed E-state index contributed by atoms with van der Waals surface area (Å²) in [6, 6.07) is 14.9. The summed E-state index contributed by atoms with van der Waals surface area (Å²) in [7, 11) is 0. The molecule has 0 saturated heterocycles. The summed E-state index contributed by atoms with van der Waals surface area (Å²) >= 11 is 0. The molecule has 2 aromatic heterocycles. The molecule has 0 atom stereocenters. The Morgan fingerprint density at radius 3 is 2.67 bits per heavy atom. The van der Waals surface area contributed by atoms with Crippen LogP contribution in [0.4, 0.5) is 5.69 Å². The van der Waals surface area contributed by atoms with Gasteiger partial charge in [-0.1, -0.05) is 24.3 Å². The summed E-state index contributed by atoms with van der Waals surface area (Å²) in [4.78, 5) is 16.4. The van der Waals surface area contributed by atoms with Crippen LogP contribution in [-0.2, 0) is 0 Å². The van der Waals surface area contributed by atoms with E-state index in [0.717, 1.165) is 16.9 Å². The van der Waals surface area contributed by atoms with E-state index in [1.807, 2.05) is 49.4 Å². The van der Waals surface area contributed by atoms with Gasteiger partial charge in [0.1, 0.15) is 11.4 Å². The lowest BCUT2D eigenvalue weighted by molar-refractivity contribution is 0.102. The second kappa shape index (κ2) is 5.58. The number of aryl methyl sites for hydroxylation is 1. The predicted octanol–water partition coefficient (Wildman–Crippen LogP) is 3.03. The Kier molecular flexibility index (Phi) is 3.47. The van der Waals surface area contributed by atoms with Gasteiger partial charge in [-0.25, -0.2) is 0 Å². The van der Waals surface area contributed by atoms with Crippen molar-refractivity contribution >= 4 is 11.6 Å². The number of aromatic amines is 1. The third-order valence-corrected chi connectivity index (χ3v) is 3.14. The lowest BCUT2D eigenvalue weighted by Crippen LogP contribution is -2.13. The average molecular weight is 278 g/mol. The number of nitrogens with zero attached hydrogens (tertiary/aromatic N) is 2. The number of para-hydroxylation sites is 1. The van der Waals surface area contributed by atoms with Crippen molar-refractivity contribution < 1.29 is 4.79 Å². The fraction of sp³-hybridized carbons (Fsp3) is 0.0625. The van der Waals surface area contributed by atoms with Gasteiger partial charge in [0.05, 0.1) is 5.69 Å². The molecule has 0 aliphatic heterocycles. The van der Waals surface area contributed by atoms with Gasteiger partial charge >= 0.3 is 0 Å². The normalized spacial score (nSPS) is 10.3. The SMILES string of the molecule is Cc1ccccc1NC(=O)c1cc(-c2ccccn2)n[nH]1. The van der Waals surface area contributed by atoms with Crippen LogP contribution in [0.3, 0.4) is 0 Å². The molecule has 5 heteroatoms. The number of hydrogen-bond acceptors (Lipinski definition) is 3. The number of carbonyl (C=O) groups is 1. The Morgan fingerprint density at radius 1 is 1.10 bits per heavy atom. The fourth-order valence-corrected chi connectivity index (χ4v) is 1.99. The molecular formula is C16H14N4O. The van der Waals surface area contributed by atoms with Crippen molar-refractivity contribution in [1.82, 2.24) is 15.2 Å². The molecule has 0 radical (unpaired) electrons. The smallest absolute Gasteiger partial charge is 0.273 e. The molecule has 0 spiro atoms. The molecule has 0 aliphatic carbocycles. The van der Waals surface area contributed by atoms with E-state index >= 15 is 0 Å². The maximum atomic E-state index is 12.2. The van der Waals surface area contributed by atoms with Crippen LogP contribution in [0.1, 0.15) is 16.1 Å². The summed E-state index contributed by atoms with van der Waals surface area (Å²) in [5.74, 6) is -0.223. The van der Waals surface area contributed by atoms with Crippen LogP contribution in [0.15, 0.2) is 54.7 Å². The Balaban J connectivity index is 1.80. The first-order chi connectivity index (χ1) is 10.2. The first kappa shape index (κ1) is 13.1. The molecule has 2 N–H and O–H groups in total. The zero-order valence-corrected chi connectivity index (χ0v) is 11.5. The topological polar surface area (TPSA) is 70.7 Å². The molecule has 104 valence electrons. The molecule has 0 fully saturated rings. The second-order valence-corrected chi connectivity index (χ2v) is 4.65. The zero-order valence-electron chi connectivity index (χ0n) is 11.5. The summed E-state index contributed by atoms with van der Waals surface area (Å²) in [5.41, 5.74) is 3.57. The van der Waals surface area contributed by atoms with Gasteiger partial charge in [-0.05, 0) is 36.8 Å². The van der Waals surface area contributed by atoms with Crippen molar-refractivity contribution in [2.45, 2.75) is 6.92 Å². The molecule has 3 rings (SSSR count). The molecule has 1 amide bonds. The number of hydrogen-bond donors (Lipinski definition) is 2. The number of rotatable bonds is 3. The number of carbonyl (C=O) groups excluding carboxylic acids is 1. The zero-order chi connectivity index (χ0) is 14.7. The van der Waals surface area contributed by atoms with Crippen molar-refractivity contribution in [3.63, 3.8) is 0 Å². The fourth-order valence-electron chi connectivity index (χ4n) is 1.99. The quantitative estimate of drug-likeness (QED) is 0.773. The number of nitrogens with one attached hydrogen (secondary N) is 2. The second-order valence-electron chi connectivity index (χ2n) is 4.65. The van der Waals surface area contributed by atoms with Gasteiger partial charge in [-0.2, -0.15) is 5.10 Å². The Hall–Kier alpha value is -2.95. The minimum Gasteiger partial charge on any atom is -0.320 e. The third kappa shape index (κ3) is 2.81. The van der Waals surface area contributed by atoms with Gasteiger partial charge in [-0.15, -0.1) is 0 Å².